The van der Waals surface area contributed by atoms with Crippen molar-refractivity contribution in [3.63, 3.8) is 0 Å². The summed E-state index contributed by atoms with van der Waals surface area (Å²) >= 11 is 1.55. The lowest BCUT2D eigenvalue weighted by Crippen LogP contribution is -3.00. The molecule has 4 aromatic rings. The topological polar surface area (TPSA) is 32.0 Å². The Bertz CT molecular complexity index is 1060. The molecule has 0 saturated heterocycles. The van der Waals surface area contributed by atoms with Crippen LogP contribution in [-0.4, -0.2) is 19.2 Å². The zero-order valence-corrected chi connectivity index (χ0v) is 17.6. The highest BCUT2D eigenvalue weighted by Crippen LogP contribution is 2.29. The Morgan fingerprint density at radius 2 is 1.55 bits per heavy atom. The van der Waals surface area contributed by atoms with Crippen LogP contribution in [0.4, 0.5) is 20.9 Å². The van der Waals surface area contributed by atoms with Gasteiger partial charge >= 0.3 is 5.01 Å². The largest absolute Gasteiger partial charge is 1.00 e. The third-order valence-corrected chi connectivity index (χ3v) is 5.28. The second-order valence-corrected chi connectivity index (χ2v) is 7.51. The van der Waals surface area contributed by atoms with Gasteiger partial charge in [-0.3, -0.25) is 0 Å². The minimum absolute atomic E-state index is 0. The number of benzene rings is 3. The van der Waals surface area contributed by atoms with Gasteiger partial charge in [-0.25, -0.2) is 4.39 Å². The molecular weight excluding hydrogens is 407 g/mol. The number of anilines is 3. The van der Waals surface area contributed by atoms with E-state index in [2.05, 4.69) is 34.5 Å². The van der Waals surface area contributed by atoms with Crippen LogP contribution in [0, 0.1) is 5.82 Å². The minimum Gasteiger partial charge on any atom is -1.00 e. The average Bonchev–Trinajstić information content (AvgIpc) is 3.13. The fraction of sp³-hybridized carbons (Fsp3) is 0.0909. The molecule has 4 nitrogen and oxygen atoms in total. The quantitative estimate of drug-likeness (QED) is 0.496. The van der Waals surface area contributed by atoms with E-state index in [4.69, 9.17) is 5.10 Å². The number of para-hydroxylation sites is 1. The van der Waals surface area contributed by atoms with Gasteiger partial charge < -0.3 is 22.6 Å². The molecule has 1 aromatic heterocycles. The lowest BCUT2D eigenvalue weighted by molar-refractivity contribution is -0.642. The van der Waals surface area contributed by atoms with E-state index in [1.165, 1.54) is 12.1 Å². The lowest BCUT2D eigenvalue weighted by Gasteiger charge is -2.11. The van der Waals surface area contributed by atoms with Crippen LogP contribution in [0.1, 0.15) is 0 Å². The van der Waals surface area contributed by atoms with Crippen molar-refractivity contribution in [2.45, 2.75) is 0 Å². The highest BCUT2D eigenvalue weighted by molar-refractivity contribution is 7.18. The van der Waals surface area contributed by atoms with Crippen LogP contribution in [0.5, 0.6) is 0 Å². The fourth-order valence-electron chi connectivity index (χ4n) is 2.83. The van der Waals surface area contributed by atoms with Gasteiger partial charge in [-0.1, -0.05) is 18.2 Å². The molecule has 7 heteroatoms. The van der Waals surface area contributed by atoms with E-state index in [1.54, 1.807) is 23.5 Å². The molecule has 0 radical (unpaired) electrons. The van der Waals surface area contributed by atoms with Gasteiger partial charge in [0.05, 0.1) is 5.56 Å². The van der Waals surface area contributed by atoms with E-state index in [9.17, 15) is 4.39 Å². The molecule has 1 N–H and O–H groups in total. The molecule has 0 atom stereocenters. The van der Waals surface area contributed by atoms with Crippen LogP contribution in [0.2, 0.25) is 0 Å². The van der Waals surface area contributed by atoms with Crippen LogP contribution in [0.3, 0.4) is 0 Å². The Morgan fingerprint density at radius 1 is 0.897 bits per heavy atom. The highest BCUT2D eigenvalue weighted by Gasteiger charge is 2.24. The zero-order valence-electron chi connectivity index (χ0n) is 16.0. The van der Waals surface area contributed by atoms with Crippen LogP contribution >= 0.6 is 11.3 Å². The molecule has 0 bridgehead atoms. The van der Waals surface area contributed by atoms with Gasteiger partial charge in [-0.15, -0.1) is 0 Å². The third-order valence-electron chi connectivity index (χ3n) is 4.30. The van der Waals surface area contributed by atoms with Crippen molar-refractivity contribution in [1.82, 2.24) is 5.10 Å². The van der Waals surface area contributed by atoms with E-state index in [0.29, 0.717) is 0 Å². The van der Waals surface area contributed by atoms with Gasteiger partial charge in [0.1, 0.15) is 5.82 Å². The van der Waals surface area contributed by atoms with Crippen molar-refractivity contribution in [3.05, 3.63) is 84.7 Å². The van der Waals surface area contributed by atoms with E-state index >= 15 is 0 Å². The molecule has 148 valence electrons. The standard InChI is InChI=1S/C22H20FN4S.ClH/c1-26(2)19-12-8-16(9-13-19)21-27(20-14-10-17(23)11-15-20)25-22(28-21)24-18-6-4-3-5-7-18;/h3-15H,1-2H3,(H,24,25);1H/q+1;/p-1. The van der Waals surface area contributed by atoms with Gasteiger partial charge in [0, 0.05) is 42.7 Å². The number of hydrogen-bond acceptors (Lipinski definition) is 4. The molecule has 4 rings (SSSR count). The van der Waals surface area contributed by atoms with Crippen molar-refractivity contribution in [3.8, 4) is 16.3 Å². The number of aromatic nitrogens is 2. The van der Waals surface area contributed by atoms with E-state index < -0.39 is 0 Å². The molecule has 0 saturated carbocycles. The molecule has 0 fully saturated rings. The molecule has 0 unspecified atom stereocenters. The normalized spacial score (nSPS) is 10.3. The Labute approximate surface area is 179 Å². The molecular formula is C22H20ClFN4S. The average molecular weight is 427 g/mol. The minimum atomic E-state index is -0.265. The van der Waals surface area contributed by atoms with Crippen molar-refractivity contribution in [2.24, 2.45) is 0 Å². The van der Waals surface area contributed by atoms with Gasteiger partial charge in [0.15, 0.2) is 0 Å². The fourth-order valence-corrected chi connectivity index (χ4v) is 3.79. The summed E-state index contributed by atoms with van der Waals surface area (Å²) in [5.74, 6) is -0.265. The number of nitrogens with one attached hydrogen (secondary N) is 1. The third kappa shape index (κ3) is 4.72. The second-order valence-electron chi connectivity index (χ2n) is 6.53. The molecule has 0 spiro atoms. The summed E-state index contributed by atoms with van der Waals surface area (Å²) in [6.45, 7) is 0. The first-order chi connectivity index (χ1) is 13.6. The van der Waals surface area contributed by atoms with Gasteiger partial charge in [0.25, 0.3) is 5.13 Å². The number of rotatable bonds is 5. The molecule has 29 heavy (non-hydrogen) atoms. The van der Waals surface area contributed by atoms with Gasteiger partial charge in [0.2, 0.25) is 5.69 Å². The Hall–Kier alpha value is -2.96. The van der Waals surface area contributed by atoms with Crippen LogP contribution in [-0.2, 0) is 0 Å². The zero-order chi connectivity index (χ0) is 19.5. The summed E-state index contributed by atoms with van der Waals surface area (Å²) in [4.78, 5) is 2.06. The first-order valence-electron chi connectivity index (χ1n) is 8.89. The first kappa shape index (κ1) is 20.8. The van der Waals surface area contributed by atoms with E-state index in [-0.39, 0.29) is 18.2 Å². The highest BCUT2D eigenvalue weighted by atomic mass is 35.5. The van der Waals surface area contributed by atoms with Crippen LogP contribution < -0.4 is 27.3 Å². The van der Waals surface area contributed by atoms with Crippen LogP contribution in [0.25, 0.3) is 16.3 Å². The van der Waals surface area contributed by atoms with Crippen molar-refractivity contribution in [2.75, 3.05) is 24.3 Å². The summed E-state index contributed by atoms with van der Waals surface area (Å²) in [6, 6.07) is 24.6. The lowest BCUT2D eigenvalue weighted by atomic mass is 10.2. The monoisotopic (exact) mass is 426 g/mol. The van der Waals surface area contributed by atoms with E-state index in [1.807, 2.05) is 49.1 Å². The molecule has 1 heterocycles. The van der Waals surface area contributed by atoms with Gasteiger partial charge in [-0.05, 0) is 64.5 Å². The molecule has 0 aliphatic heterocycles. The second kappa shape index (κ2) is 9.03. The van der Waals surface area contributed by atoms with Crippen LogP contribution in [0.15, 0.2) is 78.9 Å². The number of halogens is 2. The smallest absolute Gasteiger partial charge is 0.304 e. The number of hydrogen-bond donors (Lipinski definition) is 1. The summed E-state index contributed by atoms with van der Waals surface area (Å²) in [5.41, 5.74) is 3.96. The maximum atomic E-state index is 13.4. The first-order valence-corrected chi connectivity index (χ1v) is 9.71. The predicted octanol–water partition coefficient (Wildman–Crippen LogP) is 2.04. The Balaban J connectivity index is 0.00000240. The molecule has 0 aliphatic rings. The summed E-state index contributed by atoms with van der Waals surface area (Å²) < 4.78 is 15.2. The maximum absolute atomic E-state index is 13.4. The van der Waals surface area contributed by atoms with Crippen molar-refractivity contribution >= 4 is 27.8 Å². The maximum Gasteiger partial charge on any atom is 0.304 e. The van der Waals surface area contributed by atoms with Crippen molar-refractivity contribution in [1.29, 1.82) is 0 Å². The summed E-state index contributed by atoms with van der Waals surface area (Å²) in [7, 11) is 4.03. The SMILES string of the molecule is CN(C)c1ccc(-c2sc(Nc3ccccc3)n[n+]2-c2ccc(F)cc2)cc1.[Cl-]. The molecule has 3 aromatic carbocycles. The van der Waals surface area contributed by atoms with E-state index in [0.717, 1.165) is 32.8 Å². The van der Waals surface area contributed by atoms with Crippen molar-refractivity contribution < 1.29 is 21.5 Å². The molecule has 0 aliphatic carbocycles. The summed E-state index contributed by atoms with van der Waals surface area (Å²) in [5, 5.41) is 9.81. The molecule has 0 amide bonds. The summed E-state index contributed by atoms with van der Waals surface area (Å²) in [6.07, 6.45) is 0. The Kier molecular flexibility index (Phi) is 6.46. The Morgan fingerprint density at radius 3 is 2.17 bits per heavy atom. The predicted molar refractivity (Wildman–Crippen MR) is 113 cm³/mol. The number of nitrogens with zero attached hydrogens (tertiary/aromatic N) is 3. The van der Waals surface area contributed by atoms with Gasteiger partial charge in [-0.2, -0.15) is 0 Å².